The molecule has 1 atom stereocenters. The molecule has 22 heavy (non-hydrogen) atoms. The van der Waals surface area contributed by atoms with Gasteiger partial charge in [0.1, 0.15) is 12.4 Å². The minimum Gasteiger partial charge on any atom is -0.488 e. The molecule has 0 aliphatic rings. The van der Waals surface area contributed by atoms with Gasteiger partial charge in [0.15, 0.2) is 11.5 Å². The van der Waals surface area contributed by atoms with Gasteiger partial charge in [0, 0.05) is 6.04 Å². The Morgan fingerprint density at radius 1 is 0.955 bits per heavy atom. The molecule has 0 amide bonds. The Morgan fingerprint density at radius 2 is 1.59 bits per heavy atom. The molecule has 2 aromatic carbocycles. The van der Waals surface area contributed by atoms with Crippen molar-refractivity contribution in [2.75, 3.05) is 6.61 Å². The average molecular weight is 299 g/mol. The van der Waals surface area contributed by atoms with E-state index in [4.69, 9.17) is 15.2 Å². The Bertz CT molecular complexity index is 578. The molecule has 2 N–H and O–H groups in total. The SMILES string of the molecule is Cc1ccc(Oc2ccccc2OC[C@@H](N)CC(C)C)cc1. The summed E-state index contributed by atoms with van der Waals surface area (Å²) in [5, 5.41) is 0. The predicted molar refractivity (Wildman–Crippen MR) is 90.6 cm³/mol. The third kappa shape index (κ3) is 5.08. The molecule has 0 bridgehead atoms. The van der Waals surface area contributed by atoms with E-state index in [2.05, 4.69) is 20.8 Å². The molecule has 0 saturated carbocycles. The van der Waals surface area contributed by atoms with Crippen LogP contribution in [0, 0.1) is 12.8 Å². The van der Waals surface area contributed by atoms with E-state index >= 15 is 0 Å². The standard InChI is InChI=1S/C19H25NO2/c1-14(2)12-16(20)13-21-18-6-4-5-7-19(18)22-17-10-8-15(3)9-11-17/h4-11,14,16H,12-13,20H2,1-3H3/t16-/m0/s1. The maximum Gasteiger partial charge on any atom is 0.169 e. The van der Waals surface area contributed by atoms with Crippen LogP contribution in [-0.4, -0.2) is 12.6 Å². The summed E-state index contributed by atoms with van der Waals surface area (Å²) >= 11 is 0. The molecule has 0 aliphatic heterocycles. The summed E-state index contributed by atoms with van der Waals surface area (Å²) in [6.07, 6.45) is 0.945. The molecule has 118 valence electrons. The first-order chi connectivity index (χ1) is 10.5. The number of para-hydroxylation sites is 2. The van der Waals surface area contributed by atoms with E-state index in [0.29, 0.717) is 18.3 Å². The van der Waals surface area contributed by atoms with Gasteiger partial charge in [-0.15, -0.1) is 0 Å². The van der Waals surface area contributed by atoms with E-state index in [-0.39, 0.29) is 6.04 Å². The first-order valence-electron chi connectivity index (χ1n) is 7.76. The molecular formula is C19H25NO2. The highest BCUT2D eigenvalue weighted by atomic mass is 16.5. The summed E-state index contributed by atoms with van der Waals surface area (Å²) in [6, 6.07) is 15.7. The minimum atomic E-state index is 0.0347. The van der Waals surface area contributed by atoms with Crippen LogP contribution >= 0.6 is 0 Å². The molecule has 2 aromatic rings. The van der Waals surface area contributed by atoms with Gasteiger partial charge >= 0.3 is 0 Å². The number of nitrogens with two attached hydrogens (primary N) is 1. The van der Waals surface area contributed by atoms with Crippen LogP contribution in [0.5, 0.6) is 17.2 Å². The first kappa shape index (κ1) is 16.4. The lowest BCUT2D eigenvalue weighted by Crippen LogP contribution is -2.29. The highest BCUT2D eigenvalue weighted by Gasteiger charge is 2.10. The van der Waals surface area contributed by atoms with Gasteiger partial charge in [0.25, 0.3) is 0 Å². The largest absolute Gasteiger partial charge is 0.488 e. The maximum atomic E-state index is 6.08. The summed E-state index contributed by atoms with van der Waals surface area (Å²) in [4.78, 5) is 0. The van der Waals surface area contributed by atoms with Crippen LogP contribution in [0.3, 0.4) is 0 Å². The van der Waals surface area contributed by atoms with Crippen LogP contribution < -0.4 is 15.2 Å². The lowest BCUT2D eigenvalue weighted by atomic mass is 10.1. The fourth-order valence-corrected chi connectivity index (χ4v) is 2.26. The quantitative estimate of drug-likeness (QED) is 0.816. The second-order valence-corrected chi connectivity index (χ2v) is 6.06. The van der Waals surface area contributed by atoms with Gasteiger partial charge in [-0.05, 0) is 43.5 Å². The molecule has 0 unspecified atom stereocenters. The zero-order chi connectivity index (χ0) is 15.9. The normalized spacial score (nSPS) is 12.2. The van der Waals surface area contributed by atoms with Gasteiger partial charge in [0.05, 0.1) is 0 Å². The van der Waals surface area contributed by atoms with E-state index in [1.165, 1.54) is 5.56 Å². The average Bonchev–Trinajstić information content (AvgIpc) is 2.48. The summed E-state index contributed by atoms with van der Waals surface area (Å²) in [6.45, 7) is 6.87. The second kappa shape index (κ2) is 7.85. The van der Waals surface area contributed by atoms with Gasteiger partial charge in [-0.3, -0.25) is 0 Å². The number of rotatable bonds is 7. The summed E-state index contributed by atoms with van der Waals surface area (Å²) in [5.41, 5.74) is 7.28. The van der Waals surface area contributed by atoms with E-state index in [1.54, 1.807) is 0 Å². The van der Waals surface area contributed by atoms with Crippen LogP contribution in [0.15, 0.2) is 48.5 Å². The van der Waals surface area contributed by atoms with Crippen molar-refractivity contribution in [2.24, 2.45) is 11.7 Å². The molecule has 0 fully saturated rings. The van der Waals surface area contributed by atoms with Crippen molar-refractivity contribution in [2.45, 2.75) is 33.2 Å². The molecule has 0 aromatic heterocycles. The Labute approximate surface area is 133 Å². The molecule has 0 heterocycles. The predicted octanol–water partition coefficient (Wildman–Crippen LogP) is 4.54. The van der Waals surface area contributed by atoms with Gasteiger partial charge in [-0.2, -0.15) is 0 Å². The summed E-state index contributed by atoms with van der Waals surface area (Å²) < 4.78 is 11.8. The molecule has 0 aliphatic carbocycles. The van der Waals surface area contributed by atoms with Gasteiger partial charge in [-0.1, -0.05) is 43.7 Å². The Morgan fingerprint density at radius 3 is 2.23 bits per heavy atom. The van der Waals surface area contributed by atoms with Crippen LogP contribution in [-0.2, 0) is 0 Å². The second-order valence-electron chi connectivity index (χ2n) is 6.06. The van der Waals surface area contributed by atoms with Crippen LogP contribution in [0.1, 0.15) is 25.8 Å². The zero-order valence-electron chi connectivity index (χ0n) is 13.6. The minimum absolute atomic E-state index is 0.0347. The van der Waals surface area contributed by atoms with Gasteiger partial charge in [0.2, 0.25) is 0 Å². The number of hydrogen-bond donors (Lipinski definition) is 1. The van der Waals surface area contributed by atoms with E-state index in [9.17, 15) is 0 Å². The third-order valence-corrected chi connectivity index (χ3v) is 3.33. The maximum absolute atomic E-state index is 6.08. The Balaban J connectivity index is 2.02. The van der Waals surface area contributed by atoms with Crippen molar-refractivity contribution in [3.63, 3.8) is 0 Å². The highest BCUT2D eigenvalue weighted by molar-refractivity contribution is 5.43. The first-order valence-corrected chi connectivity index (χ1v) is 7.76. The number of ether oxygens (including phenoxy) is 2. The smallest absolute Gasteiger partial charge is 0.169 e. The van der Waals surface area contributed by atoms with Crippen LogP contribution in [0.4, 0.5) is 0 Å². The fraction of sp³-hybridized carbons (Fsp3) is 0.368. The van der Waals surface area contributed by atoms with Crippen LogP contribution in [0.2, 0.25) is 0 Å². The lowest BCUT2D eigenvalue weighted by molar-refractivity contribution is 0.262. The summed E-state index contributed by atoms with van der Waals surface area (Å²) in [5.74, 6) is 2.80. The molecule has 3 heteroatoms. The van der Waals surface area contributed by atoms with Gasteiger partial charge in [-0.25, -0.2) is 0 Å². The zero-order valence-corrected chi connectivity index (χ0v) is 13.6. The molecule has 0 radical (unpaired) electrons. The van der Waals surface area contributed by atoms with Crippen LogP contribution in [0.25, 0.3) is 0 Å². The number of hydrogen-bond acceptors (Lipinski definition) is 3. The third-order valence-electron chi connectivity index (χ3n) is 3.33. The van der Waals surface area contributed by atoms with Crippen molar-refractivity contribution >= 4 is 0 Å². The number of aryl methyl sites for hydroxylation is 1. The van der Waals surface area contributed by atoms with E-state index in [1.807, 2.05) is 48.5 Å². The van der Waals surface area contributed by atoms with Crippen molar-refractivity contribution in [1.29, 1.82) is 0 Å². The molecule has 0 spiro atoms. The monoisotopic (exact) mass is 299 g/mol. The van der Waals surface area contributed by atoms with Crippen molar-refractivity contribution in [1.82, 2.24) is 0 Å². The van der Waals surface area contributed by atoms with Crippen molar-refractivity contribution in [3.05, 3.63) is 54.1 Å². The van der Waals surface area contributed by atoms with Crippen molar-refractivity contribution < 1.29 is 9.47 Å². The van der Waals surface area contributed by atoms with E-state index in [0.717, 1.165) is 17.9 Å². The van der Waals surface area contributed by atoms with E-state index < -0.39 is 0 Å². The molecule has 0 saturated heterocycles. The van der Waals surface area contributed by atoms with Gasteiger partial charge < -0.3 is 15.2 Å². The molecule has 3 nitrogen and oxygen atoms in total. The number of benzene rings is 2. The Kier molecular flexibility index (Phi) is 5.84. The molecular weight excluding hydrogens is 274 g/mol. The Hall–Kier alpha value is -2.00. The lowest BCUT2D eigenvalue weighted by Gasteiger charge is -2.17. The highest BCUT2D eigenvalue weighted by Crippen LogP contribution is 2.31. The summed E-state index contributed by atoms with van der Waals surface area (Å²) in [7, 11) is 0. The topological polar surface area (TPSA) is 44.5 Å². The fourth-order valence-electron chi connectivity index (χ4n) is 2.26. The molecule has 2 rings (SSSR count). The van der Waals surface area contributed by atoms with Crippen molar-refractivity contribution in [3.8, 4) is 17.2 Å².